The fraction of sp³-hybridized carbons (Fsp3) is 0.432. The van der Waals surface area contributed by atoms with Crippen molar-refractivity contribution < 1.29 is 20.4 Å². The highest BCUT2D eigenvalue weighted by Crippen LogP contribution is 2.32. The third kappa shape index (κ3) is 27.9. The van der Waals surface area contributed by atoms with Crippen molar-refractivity contribution in [3.63, 3.8) is 0 Å². The van der Waals surface area contributed by atoms with Crippen LogP contribution in [-0.4, -0.2) is 20.4 Å². The summed E-state index contributed by atoms with van der Waals surface area (Å²) in [5.74, 6) is 1.48. The molecule has 0 fully saturated rings. The van der Waals surface area contributed by atoms with Crippen LogP contribution < -0.4 is 0 Å². The maximum atomic E-state index is 9.60. The number of hydrogen-bond acceptors (Lipinski definition) is 5. The van der Waals surface area contributed by atoms with Gasteiger partial charge in [0.1, 0.15) is 23.0 Å². The Bertz CT molecular complexity index is 2890. The van der Waals surface area contributed by atoms with Gasteiger partial charge in [-0.05, 0) is 169 Å². The van der Waals surface area contributed by atoms with Gasteiger partial charge < -0.3 is 20.4 Å². The van der Waals surface area contributed by atoms with Gasteiger partial charge in [0, 0.05) is 15.6 Å². The lowest BCUT2D eigenvalue weighted by molar-refractivity contribution is 0.465. The molecule has 0 atom stereocenters. The van der Waals surface area contributed by atoms with Crippen LogP contribution in [0, 0.1) is 27.7 Å². The summed E-state index contributed by atoms with van der Waals surface area (Å²) in [6.45, 7) is 53.5. The van der Waals surface area contributed by atoms with E-state index in [-0.39, 0.29) is 37.9 Å². The molecular formula is C74H104ClN3O4. The molecule has 82 heavy (non-hydrogen) atoms. The first-order chi connectivity index (χ1) is 37.3. The van der Waals surface area contributed by atoms with E-state index in [0.717, 1.165) is 27.3 Å². The summed E-state index contributed by atoms with van der Waals surface area (Å²) in [6.07, 6.45) is 0. The second kappa shape index (κ2) is 31.1. The SMILES string of the molecule is CC(C)(C)c1ccc(Cl)cc1.CC(C)(C)c1ccc(N=[N+]=[N-])cc1.CC(C)(C)c1ccc(O)cc1.CC(C)(C)c1cccc(O)c1.Cc1cc(C(C)(C)C)cc(C)c1O.Cc1cc(C(C)(C)C)ccc1O.Cc1ccc(C(C)(C)C)cc1. The highest BCUT2D eigenvalue weighted by Gasteiger charge is 2.18. The number of phenols is 4. The quantitative estimate of drug-likeness (QED) is 0.0741. The van der Waals surface area contributed by atoms with E-state index in [1.807, 2.05) is 93.6 Å². The molecule has 446 valence electrons. The lowest BCUT2D eigenvalue weighted by Crippen LogP contribution is -2.11. The Morgan fingerprint density at radius 1 is 0.341 bits per heavy atom. The van der Waals surface area contributed by atoms with Crippen LogP contribution in [0.2, 0.25) is 5.02 Å². The van der Waals surface area contributed by atoms with Crippen molar-refractivity contribution in [1.29, 1.82) is 0 Å². The average Bonchev–Trinajstić information content (AvgIpc) is 3.35. The van der Waals surface area contributed by atoms with Gasteiger partial charge in [-0.3, -0.25) is 0 Å². The van der Waals surface area contributed by atoms with Crippen LogP contribution in [0.1, 0.15) is 207 Å². The van der Waals surface area contributed by atoms with E-state index >= 15 is 0 Å². The van der Waals surface area contributed by atoms with E-state index in [1.54, 1.807) is 30.3 Å². The summed E-state index contributed by atoms with van der Waals surface area (Å²) in [7, 11) is 0. The van der Waals surface area contributed by atoms with Crippen LogP contribution in [0.3, 0.4) is 0 Å². The third-order valence-corrected chi connectivity index (χ3v) is 13.6. The van der Waals surface area contributed by atoms with Crippen LogP contribution in [0.4, 0.5) is 5.69 Å². The molecule has 0 unspecified atom stereocenters. The molecule has 0 aromatic heterocycles. The summed E-state index contributed by atoms with van der Waals surface area (Å²) >= 11 is 5.76. The Balaban J connectivity index is 0.000000479. The van der Waals surface area contributed by atoms with Crippen molar-refractivity contribution in [1.82, 2.24) is 0 Å². The fourth-order valence-corrected chi connectivity index (χ4v) is 7.65. The number of hydrogen-bond donors (Lipinski definition) is 4. The van der Waals surface area contributed by atoms with E-state index in [4.69, 9.17) is 22.2 Å². The Morgan fingerprint density at radius 3 is 0.988 bits per heavy atom. The number of benzene rings is 7. The summed E-state index contributed by atoms with van der Waals surface area (Å²) in [4.78, 5) is 2.72. The fourth-order valence-electron chi connectivity index (χ4n) is 7.53. The number of aryl methyl sites for hydroxylation is 4. The molecule has 0 saturated heterocycles. The number of halogens is 1. The molecule has 0 heterocycles. The summed E-state index contributed by atoms with van der Waals surface area (Å²) in [5.41, 5.74) is 23.3. The second-order valence-corrected chi connectivity index (χ2v) is 28.9. The number of aromatic hydroxyl groups is 4. The minimum absolute atomic E-state index is 0.124. The van der Waals surface area contributed by atoms with Gasteiger partial charge >= 0.3 is 0 Å². The lowest BCUT2D eigenvalue weighted by atomic mass is 9.85. The van der Waals surface area contributed by atoms with Crippen molar-refractivity contribution in [2.24, 2.45) is 5.11 Å². The molecule has 7 rings (SSSR count). The molecule has 0 radical (unpaired) electrons. The first-order valence-electron chi connectivity index (χ1n) is 28.5. The smallest absolute Gasteiger partial charge is 0.121 e. The first-order valence-corrected chi connectivity index (χ1v) is 28.8. The van der Waals surface area contributed by atoms with Gasteiger partial charge in [0.15, 0.2) is 0 Å². The van der Waals surface area contributed by atoms with E-state index in [9.17, 15) is 15.3 Å². The van der Waals surface area contributed by atoms with Gasteiger partial charge in [-0.1, -0.05) is 277 Å². The number of nitrogens with zero attached hydrogens (tertiary/aromatic N) is 3. The van der Waals surface area contributed by atoms with Crippen molar-refractivity contribution >= 4 is 17.3 Å². The zero-order valence-corrected chi connectivity index (χ0v) is 55.7. The molecule has 0 bridgehead atoms. The average molecular weight is 1140 g/mol. The van der Waals surface area contributed by atoms with Crippen LogP contribution in [-0.2, 0) is 37.9 Å². The van der Waals surface area contributed by atoms with Gasteiger partial charge in [0.25, 0.3) is 0 Å². The van der Waals surface area contributed by atoms with E-state index < -0.39 is 0 Å². The number of rotatable bonds is 1. The van der Waals surface area contributed by atoms with Gasteiger partial charge in [-0.2, -0.15) is 0 Å². The molecule has 8 heteroatoms. The monoisotopic (exact) mass is 1130 g/mol. The highest BCUT2D eigenvalue weighted by atomic mass is 35.5. The van der Waals surface area contributed by atoms with E-state index in [0.29, 0.717) is 28.7 Å². The van der Waals surface area contributed by atoms with E-state index in [2.05, 4.69) is 211 Å². The second-order valence-electron chi connectivity index (χ2n) is 28.4. The van der Waals surface area contributed by atoms with Crippen LogP contribution in [0.15, 0.2) is 157 Å². The molecule has 7 aromatic rings. The summed E-state index contributed by atoms with van der Waals surface area (Å²) in [5, 5.41) is 41.4. The van der Waals surface area contributed by atoms with Gasteiger partial charge in [-0.15, -0.1) is 0 Å². The largest absolute Gasteiger partial charge is 0.508 e. The van der Waals surface area contributed by atoms with Crippen LogP contribution in [0.5, 0.6) is 23.0 Å². The molecule has 7 nitrogen and oxygen atoms in total. The molecule has 4 N–H and O–H groups in total. The van der Waals surface area contributed by atoms with Crippen LogP contribution >= 0.6 is 11.6 Å². The molecule has 7 aromatic carbocycles. The van der Waals surface area contributed by atoms with Gasteiger partial charge in [0.2, 0.25) is 0 Å². The Labute approximate surface area is 502 Å². The Kier molecular flexibility index (Phi) is 27.8. The van der Waals surface area contributed by atoms with Crippen LogP contribution in [0.25, 0.3) is 10.4 Å². The van der Waals surface area contributed by atoms with Crippen molar-refractivity contribution in [3.05, 3.63) is 228 Å². The lowest BCUT2D eigenvalue weighted by Gasteiger charge is -2.20. The maximum absolute atomic E-state index is 9.60. The topological polar surface area (TPSA) is 130 Å². The normalized spacial score (nSPS) is 11.5. The van der Waals surface area contributed by atoms with Gasteiger partial charge in [-0.25, -0.2) is 0 Å². The molecule has 0 aliphatic carbocycles. The van der Waals surface area contributed by atoms with Crippen molar-refractivity contribution in [2.45, 2.75) is 211 Å². The highest BCUT2D eigenvalue weighted by molar-refractivity contribution is 6.30. The molecule has 0 amide bonds. The standard InChI is InChI=1S/C12H18O.C11H16O.C11H16.C10H13Cl.C10H13N3.2C10H14O/c1-8-6-10(12(3,4)5)7-9(2)11(8)13;1-8-7-9(11(2,3)4)5-6-10(8)12;1-9-5-7-10(8-6-9)11(2,3)4;1-10(2,3)8-4-6-9(11)7-5-8;1-10(2,3)8-4-6-9(7-5-8)12-13-11;1-10(2,3)8-4-6-9(11)7-5-8;1-10(2,3)8-5-4-6-9(11)7-8/h6-7,13H,1-5H3;5-7,12H,1-4H3;5-8H,1-4H3;4-7H,1-3H3;4-7H,1-3H3;2*4-7,11H,1-3H3. The zero-order chi connectivity index (χ0) is 63.4. The number of phenolic OH excluding ortho intramolecular Hbond substituents is 4. The minimum atomic E-state index is 0.124. The molecule has 0 saturated carbocycles. The predicted molar refractivity (Wildman–Crippen MR) is 355 cm³/mol. The maximum Gasteiger partial charge on any atom is 0.121 e. The minimum Gasteiger partial charge on any atom is -0.508 e. The first kappa shape index (κ1) is 73.4. The Morgan fingerprint density at radius 2 is 0.659 bits per heavy atom. The number of azide groups is 1. The van der Waals surface area contributed by atoms with Crippen molar-refractivity contribution in [3.8, 4) is 23.0 Å². The molecular weight excluding hydrogens is 1030 g/mol. The van der Waals surface area contributed by atoms with E-state index in [1.165, 1.54) is 38.9 Å². The summed E-state index contributed by atoms with van der Waals surface area (Å²) in [6, 6.07) is 49.0. The van der Waals surface area contributed by atoms with Gasteiger partial charge in [0.05, 0.1) is 0 Å². The predicted octanol–water partition coefficient (Wildman–Crippen LogP) is 22.5. The third-order valence-electron chi connectivity index (χ3n) is 13.4. The Hall–Kier alpha value is -6.66. The molecule has 0 spiro atoms. The molecule has 0 aliphatic rings. The van der Waals surface area contributed by atoms with Crippen molar-refractivity contribution in [2.75, 3.05) is 0 Å². The zero-order valence-electron chi connectivity index (χ0n) is 54.9. The molecule has 0 aliphatic heterocycles. The summed E-state index contributed by atoms with van der Waals surface area (Å²) < 4.78 is 0.